The lowest BCUT2D eigenvalue weighted by atomic mass is 10.00. The molecule has 4 rings (SSSR count). The average molecular weight is 315 g/mol. The van der Waals surface area contributed by atoms with Gasteiger partial charge in [0.05, 0.1) is 12.1 Å². The fourth-order valence-corrected chi connectivity index (χ4v) is 3.63. The van der Waals surface area contributed by atoms with Crippen LogP contribution >= 0.6 is 0 Å². The summed E-state index contributed by atoms with van der Waals surface area (Å²) >= 11 is 0. The van der Waals surface area contributed by atoms with Gasteiger partial charge in [0.2, 0.25) is 0 Å². The Morgan fingerprint density at radius 1 is 0.750 bits per heavy atom. The van der Waals surface area contributed by atoms with Gasteiger partial charge in [0, 0.05) is 6.04 Å². The molecule has 0 amide bonds. The van der Waals surface area contributed by atoms with Crippen molar-refractivity contribution < 1.29 is 5.11 Å². The zero-order valence-electron chi connectivity index (χ0n) is 13.7. The first-order valence-electron chi connectivity index (χ1n) is 8.43. The minimum absolute atomic E-state index is 0.0587. The van der Waals surface area contributed by atoms with Crippen molar-refractivity contribution in [3.8, 4) is 11.1 Å². The van der Waals surface area contributed by atoms with Crippen molar-refractivity contribution in [2.75, 3.05) is 0 Å². The van der Waals surface area contributed by atoms with Crippen LogP contribution in [0.1, 0.15) is 35.8 Å². The van der Waals surface area contributed by atoms with Crippen molar-refractivity contribution in [1.82, 2.24) is 5.32 Å². The van der Waals surface area contributed by atoms with E-state index >= 15 is 0 Å². The third-order valence-electron chi connectivity index (χ3n) is 4.88. The first-order chi connectivity index (χ1) is 11.8. The molecule has 3 aromatic carbocycles. The van der Waals surface area contributed by atoms with Crippen LogP contribution in [-0.2, 0) is 0 Å². The summed E-state index contributed by atoms with van der Waals surface area (Å²) in [5, 5.41) is 14.3. The smallest absolute Gasteiger partial charge is 0.0940 e. The van der Waals surface area contributed by atoms with Gasteiger partial charge in [-0.3, -0.25) is 0 Å². The fraction of sp³-hybridized carbons (Fsp3) is 0.182. The van der Waals surface area contributed by atoms with Crippen molar-refractivity contribution >= 4 is 0 Å². The van der Waals surface area contributed by atoms with Crippen LogP contribution < -0.4 is 5.32 Å². The predicted octanol–water partition coefficient (Wildman–Crippen LogP) is 4.47. The predicted molar refractivity (Wildman–Crippen MR) is 97.7 cm³/mol. The fourth-order valence-electron chi connectivity index (χ4n) is 3.63. The van der Waals surface area contributed by atoms with Crippen molar-refractivity contribution in [3.05, 3.63) is 95.6 Å². The lowest BCUT2D eigenvalue weighted by molar-refractivity contribution is 0.132. The largest absolute Gasteiger partial charge is 0.387 e. The standard InChI is InChI=1S/C22H21NO/c1-15(22(24)16-9-3-2-4-10-16)23-21-19-13-7-5-11-17(19)18-12-6-8-14-20(18)21/h2-15,21-24H,1H3. The molecule has 0 aliphatic heterocycles. The number of nitrogens with one attached hydrogen (secondary N) is 1. The van der Waals surface area contributed by atoms with Crippen molar-refractivity contribution in [3.63, 3.8) is 0 Å². The van der Waals surface area contributed by atoms with E-state index in [9.17, 15) is 5.11 Å². The molecule has 24 heavy (non-hydrogen) atoms. The van der Waals surface area contributed by atoms with Gasteiger partial charge in [-0.15, -0.1) is 0 Å². The van der Waals surface area contributed by atoms with E-state index in [1.165, 1.54) is 22.3 Å². The number of aliphatic hydroxyl groups excluding tert-OH is 1. The zero-order chi connectivity index (χ0) is 16.5. The lowest BCUT2D eigenvalue weighted by Gasteiger charge is -2.26. The van der Waals surface area contributed by atoms with Gasteiger partial charge < -0.3 is 10.4 Å². The zero-order valence-corrected chi connectivity index (χ0v) is 13.7. The van der Waals surface area contributed by atoms with Crippen LogP contribution in [0.15, 0.2) is 78.9 Å². The van der Waals surface area contributed by atoms with Crippen LogP contribution in [0.3, 0.4) is 0 Å². The van der Waals surface area contributed by atoms with Gasteiger partial charge in [-0.1, -0.05) is 78.9 Å². The van der Waals surface area contributed by atoms with Crippen molar-refractivity contribution in [2.45, 2.75) is 25.1 Å². The maximum absolute atomic E-state index is 10.7. The number of aliphatic hydroxyl groups is 1. The number of hydrogen-bond acceptors (Lipinski definition) is 2. The SMILES string of the molecule is CC(NC1c2ccccc2-c2ccccc21)C(O)c1ccccc1. The number of rotatable bonds is 4. The molecule has 2 unspecified atom stereocenters. The highest BCUT2D eigenvalue weighted by Gasteiger charge is 2.30. The summed E-state index contributed by atoms with van der Waals surface area (Å²) in [5.41, 5.74) is 6.08. The Morgan fingerprint density at radius 2 is 1.25 bits per heavy atom. The summed E-state index contributed by atoms with van der Waals surface area (Å²) in [6, 6.07) is 26.9. The second-order valence-corrected chi connectivity index (χ2v) is 6.42. The minimum atomic E-state index is -0.536. The maximum Gasteiger partial charge on any atom is 0.0940 e. The van der Waals surface area contributed by atoms with E-state index in [-0.39, 0.29) is 12.1 Å². The Hall–Kier alpha value is -2.42. The summed E-state index contributed by atoms with van der Waals surface area (Å²) in [7, 11) is 0. The summed E-state index contributed by atoms with van der Waals surface area (Å²) in [6.45, 7) is 2.04. The second-order valence-electron chi connectivity index (χ2n) is 6.42. The first kappa shape index (κ1) is 15.1. The Labute approximate surface area is 142 Å². The Kier molecular flexibility index (Phi) is 3.93. The second kappa shape index (κ2) is 6.23. The molecule has 1 aliphatic carbocycles. The molecule has 0 fully saturated rings. The van der Waals surface area contributed by atoms with Gasteiger partial charge in [-0.05, 0) is 34.7 Å². The van der Waals surface area contributed by atoms with E-state index in [0.29, 0.717) is 0 Å². The van der Waals surface area contributed by atoms with E-state index in [1.54, 1.807) is 0 Å². The van der Waals surface area contributed by atoms with Crippen LogP contribution in [-0.4, -0.2) is 11.1 Å². The molecule has 2 N–H and O–H groups in total. The van der Waals surface area contributed by atoms with Crippen LogP contribution in [0.5, 0.6) is 0 Å². The van der Waals surface area contributed by atoms with Crippen LogP contribution in [0.2, 0.25) is 0 Å². The highest BCUT2D eigenvalue weighted by Crippen LogP contribution is 2.43. The quantitative estimate of drug-likeness (QED) is 0.744. The van der Waals surface area contributed by atoms with Crippen LogP contribution in [0.4, 0.5) is 0 Å². The van der Waals surface area contributed by atoms with Gasteiger partial charge in [0.1, 0.15) is 0 Å². The Balaban J connectivity index is 1.65. The normalized spacial score (nSPS) is 15.6. The molecule has 0 radical (unpaired) electrons. The molecular formula is C22H21NO. The molecule has 3 aromatic rings. The summed E-state index contributed by atoms with van der Waals surface area (Å²) in [6.07, 6.45) is -0.536. The molecule has 1 aliphatic rings. The molecule has 120 valence electrons. The highest BCUT2D eigenvalue weighted by atomic mass is 16.3. The Morgan fingerprint density at radius 3 is 1.83 bits per heavy atom. The van der Waals surface area contributed by atoms with Gasteiger partial charge in [0.15, 0.2) is 0 Å². The summed E-state index contributed by atoms with van der Waals surface area (Å²) in [4.78, 5) is 0. The van der Waals surface area contributed by atoms with E-state index in [2.05, 4.69) is 53.8 Å². The van der Waals surface area contributed by atoms with Gasteiger partial charge >= 0.3 is 0 Å². The molecule has 2 nitrogen and oxygen atoms in total. The van der Waals surface area contributed by atoms with Crippen molar-refractivity contribution in [2.24, 2.45) is 0 Å². The Bertz CT molecular complexity index is 798. The number of benzene rings is 3. The number of fused-ring (bicyclic) bond motifs is 3. The number of hydrogen-bond donors (Lipinski definition) is 2. The van der Waals surface area contributed by atoms with Crippen LogP contribution in [0, 0.1) is 0 Å². The third kappa shape index (κ3) is 2.54. The van der Waals surface area contributed by atoms with E-state index in [1.807, 2.05) is 37.3 Å². The molecule has 0 spiro atoms. The monoisotopic (exact) mass is 315 g/mol. The van der Waals surface area contributed by atoms with Crippen LogP contribution in [0.25, 0.3) is 11.1 Å². The van der Waals surface area contributed by atoms with Crippen molar-refractivity contribution in [1.29, 1.82) is 0 Å². The summed E-state index contributed by atoms with van der Waals surface area (Å²) < 4.78 is 0. The molecule has 0 saturated carbocycles. The van der Waals surface area contributed by atoms with E-state index in [4.69, 9.17) is 0 Å². The molecule has 0 bridgehead atoms. The first-order valence-corrected chi connectivity index (χ1v) is 8.43. The van der Waals surface area contributed by atoms with Gasteiger partial charge in [-0.2, -0.15) is 0 Å². The lowest BCUT2D eigenvalue weighted by Crippen LogP contribution is -2.35. The molecular weight excluding hydrogens is 294 g/mol. The van der Waals surface area contributed by atoms with Gasteiger partial charge in [-0.25, -0.2) is 0 Å². The summed E-state index contributed by atoms with van der Waals surface area (Å²) in [5.74, 6) is 0. The molecule has 0 aromatic heterocycles. The highest BCUT2D eigenvalue weighted by molar-refractivity contribution is 5.78. The molecule has 0 saturated heterocycles. The van der Waals surface area contributed by atoms with E-state index in [0.717, 1.165) is 5.56 Å². The molecule has 2 atom stereocenters. The van der Waals surface area contributed by atoms with Gasteiger partial charge in [0.25, 0.3) is 0 Å². The molecule has 2 heteroatoms. The topological polar surface area (TPSA) is 32.3 Å². The maximum atomic E-state index is 10.7. The van der Waals surface area contributed by atoms with E-state index < -0.39 is 6.10 Å². The molecule has 0 heterocycles. The average Bonchev–Trinajstić information content (AvgIpc) is 2.96. The minimum Gasteiger partial charge on any atom is -0.387 e. The third-order valence-corrected chi connectivity index (χ3v) is 4.88.